The lowest BCUT2D eigenvalue weighted by Crippen LogP contribution is -2.33. The molecule has 5 nitrogen and oxygen atoms in total. The van der Waals surface area contributed by atoms with Crippen LogP contribution in [0, 0.1) is 14.9 Å². The Morgan fingerprint density at radius 2 is 2.00 bits per heavy atom. The molecule has 2 aromatic rings. The number of hydrogen-bond acceptors (Lipinski definition) is 4. The van der Waals surface area contributed by atoms with Gasteiger partial charge in [0.15, 0.2) is 6.10 Å². The fourth-order valence-electron chi connectivity index (χ4n) is 1.70. The smallest absolute Gasteiger partial charge is 0.280 e. The summed E-state index contributed by atoms with van der Waals surface area (Å²) in [6.45, 7) is 1.63. The van der Waals surface area contributed by atoms with Crippen molar-refractivity contribution in [3.63, 3.8) is 0 Å². The van der Waals surface area contributed by atoms with E-state index in [9.17, 15) is 4.79 Å². The van der Waals surface area contributed by atoms with Gasteiger partial charge in [-0.25, -0.2) is 5.43 Å². The van der Waals surface area contributed by atoms with Gasteiger partial charge >= 0.3 is 0 Å². The van der Waals surface area contributed by atoms with Crippen LogP contribution >= 0.6 is 22.6 Å². The third-order valence-corrected chi connectivity index (χ3v) is 3.93. The highest BCUT2D eigenvalue weighted by molar-refractivity contribution is 14.1. The lowest BCUT2D eigenvalue weighted by Gasteiger charge is -2.12. The number of rotatable bonds is 5. The fraction of sp³-hybridized carbons (Fsp3) is 0.118. The molecule has 0 aliphatic heterocycles. The Labute approximate surface area is 148 Å². The van der Waals surface area contributed by atoms with Gasteiger partial charge in [0, 0.05) is 9.13 Å². The van der Waals surface area contributed by atoms with Gasteiger partial charge in [0.2, 0.25) is 0 Å². The molecule has 2 aromatic carbocycles. The second kappa shape index (κ2) is 8.29. The molecule has 0 fully saturated rings. The summed E-state index contributed by atoms with van der Waals surface area (Å²) in [5.41, 5.74) is 3.91. The normalized spacial score (nSPS) is 11.7. The van der Waals surface area contributed by atoms with Gasteiger partial charge in [0.05, 0.1) is 17.8 Å². The molecule has 0 aromatic heterocycles. The van der Waals surface area contributed by atoms with E-state index in [4.69, 9.17) is 10.00 Å². The lowest BCUT2D eigenvalue weighted by molar-refractivity contribution is -0.127. The fourth-order valence-corrected chi connectivity index (χ4v) is 2.23. The Morgan fingerprint density at radius 1 is 1.30 bits per heavy atom. The number of ether oxygens (including phenoxy) is 1. The molecule has 2 rings (SSSR count). The zero-order valence-corrected chi connectivity index (χ0v) is 14.5. The molecule has 23 heavy (non-hydrogen) atoms. The molecular weight excluding hydrogens is 405 g/mol. The van der Waals surface area contributed by atoms with Crippen molar-refractivity contribution in [1.82, 2.24) is 5.43 Å². The van der Waals surface area contributed by atoms with Crippen molar-refractivity contribution in [3.05, 3.63) is 63.2 Å². The van der Waals surface area contributed by atoms with Gasteiger partial charge in [-0.15, -0.1) is 0 Å². The molecule has 0 aliphatic rings. The minimum Gasteiger partial charge on any atom is -0.481 e. The van der Waals surface area contributed by atoms with Gasteiger partial charge < -0.3 is 4.74 Å². The second-order valence-electron chi connectivity index (χ2n) is 4.65. The van der Waals surface area contributed by atoms with Crippen molar-refractivity contribution in [3.8, 4) is 11.8 Å². The average Bonchev–Trinajstić information content (AvgIpc) is 2.57. The number of carbonyl (C=O) groups is 1. The van der Waals surface area contributed by atoms with Gasteiger partial charge in [-0.05, 0) is 59.8 Å². The average molecular weight is 419 g/mol. The van der Waals surface area contributed by atoms with Crippen molar-refractivity contribution in [1.29, 1.82) is 5.26 Å². The largest absolute Gasteiger partial charge is 0.481 e. The van der Waals surface area contributed by atoms with Gasteiger partial charge in [0.25, 0.3) is 5.91 Å². The molecular formula is C17H14IN3O2. The molecule has 0 bridgehead atoms. The van der Waals surface area contributed by atoms with Crippen LogP contribution in [0.5, 0.6) is 5.75 Å². The predicted molar refractivity (Wildman–Crippen MR) is 96.1 cm³/mol. The molecule has 6 heteroatoms. The summed E-state index contributed by atoms with van der Waals surface area (Å²) >= 11 is 2.20. The van der Waals surface area contributed by atoms with E-state index >= 15 is 0 Å². The molecule has 0 saturated heterocycles. The van der Waals surface area contributed by atoms with E-state index in [0.29, 0.717) is 11.3 Å². The van der Waals surface area contributed by atoms with E-state index in [1.807, 2.05) is 30.3 Å². The molecule has 116 valence electrons. The van der Waals surface area contributed by atoms with E-state index in [-0.39, 0.29) is 5.91 Å². The van der Waals surface area contributed by atoms with Gasteiger partial charge in [-0.2, -0.15) is 10.4 Å². The van der Waals surface area contributed by atoms with Crippen LogP contribution in [0.15, 0.2) is 53.6 Å². The Kier molecular flexibility index (Phi) is 6.11. The first-order valence-corrected chi connectivity index (χ1v) is 7.92. The van der Waals surface area contributed by atoms with Crippen LogP contribution in [0.3, 0.4) is 0 Å². The van der Waals surface area contributed by atoms with Crippen LogP contribution in [0.4, 0.5) is 0 Å². The number of hydrazone groups is 1. The molecule has 0 spiro atoms. The number of carbonyl (C=O) groups excluding carboxylic acids is 1. The first-order valence-electron chi connectivity index (χ1n) is 6.84. The number of nitrogens with zero attached hydrogens (tertiary/aromatic N) is 2. The standard InChI is InChI=1S/C17H14IN3O2/c1-12(23-15-8-6-13(10-19)7-9-15)17(22)21-20-11-14-4-2-3-5-16(14)18/h2-9,11-12H,1H3,(H,21,22). The van der Waals surface area contributed by atoms with Crippen LogP contribution in [-0.4, -0.2) is 18.2 Å². The Morgan fingerprint density at radius 3 is 2.65 bits per heavy atom. The van der Waals surface area contributed by atoms with Gasteiger partial charge in [0.1, 0.15) is 5.75 Å². The Balaban J connectivity index is 1.89. The predicted octanol–water partition coefficient (Wildman–Crippen LogP) is 3.08. The van der Waals surface area contributed by atoms with Crippen molar-refractivity contribution in [2.75, 3.05) is 0 Å². The van der Waals surface area contributed by atoms with Crippen molar-refractivity contribution >= 4 is 34.7 Å². The Hall–Kier alpha value is -2.40. The van der Waals surface area contributed by atoms with Crippen LogP contribution in [-0.2, 0) is 4.79 Å². The van der Waals surface area contributed by atoms with Gasteiger partial charge in [-0.1, -0.05) is 18.2 Å². The van der Waals surface area contributed by atoms with E-state index in [2.05, 4.69) is 33.1 Å². The number of benzene rings is 2. The summed E-state index contributed by atoms with van der Waals surface area (Å²) in [6, 6.07) is 16.3. The minimum absolute atomic E-state index is 0.350. The van der Waals surface area contributed by atoms with E-state index in [1.54, 1.807) is 37.4 Å². The lowest BCUT2D eigenvalue weighted by atomic mass is 10.2. The first kappa shape index (κ1) is 17.0. The number of halogens is 1. The quantitative estimate of drug-likeness (QED) is 0.460. The van der Waals surface area contributed by atoms with Crippen LogP contribution in [0.25, 0.3) is 0 Å². The summed E-state index contributed by atoms with van der Waals surface area (Å²) in [7, 11) is 0. The van der Waals surface area contributed by atoms with Crippen molar-refractivity contribution in [2.24, 2.45) is 5.10 Å². The van der Waals surface area contributed by atoms with Crippen LogP contribution in [0.1, 0.15) is 18.1 Å². The third kappa shape index (κ3) is 5.07. The number of nitriles is 1. The van der Waals surface area contributed by atoms with Crippen LogP contribution in [0.2, 0.25) is 0 Å². The second-order valence-corrected chi connectivity index (χ2v) is 5.81. The monoisotopic (exact) mass is 419 g/mol. The molecule has 0 radical (unpaired) electrons. The minimum atomic E-state index is -0.699. The van der Waals surface area contributed by atoms with E-state index in [1.165, 1.54) is 0 Å². The Bertz CT molecular complexity index is 751. The maximum Gasteiger partial charge on any atom is 0.280 e. The zero-order chi connectivity index (χ0) is 16.7. The SMILES string of the molecule is CC(Oc1ccc(C#N)cc1)C(=O)NN=Cc1ccccc1I. The molecule has 1 N–H and O–H groups in total. The maximum atomic E-state index is 11.9. The van der Waals surface area contributed by atoms with Crippen molar-refractivity contribution in [2.45, 2.75) is 13.0 Å². The summed E-state index contributed by atoms with van der Waals surface area (Å²) < 4.78 is 6.55. The topological polar surface area (TPSA) is 74.5 Å². The van der Waals surface area contributed by atoms with Crippen LogP contribution < -0.4 is 10.2 Å². The zero-order valence-electron chi connectivity index (χ0n) is 12.4. The maximum absolute atomic E-state index is 11.9. The summed E-state index contributed by atoms with van der Waals surface area (Å²) in [5.74, 6) is 0.171. The molecule has 1 atom stereocenters. The summed E-state index contributed by atoms with van der Waals surface area (Å²) in [5, 5.41) is 12.7. The highest BCUT2D eigenvalue weighted by atomic mass is 127. The number of hydrogen-bond donors (Lipinski definition) is 1. The van der Waals surface area contributed by atoms with Gasteiger partial charge in [-0.3, -0.25) is 4.79 Å². The third-order valence-electron chi connectivity index (χ3n) is 2.95. The molecule has 0 heterocycles. The molecule has 1 amide bonds. The molecule has 0 aliphatic carbocycles. The number of amides is 1. The highest BCUT2D eigenvalue weighted by Crippen LogP contribution is 2.13. The summed E-state index contributed by atoms with van der Waals surface area (Å²) in [6.07, 6.45) is 0.892. The van der Waals surface area contributed by atoms with E-state index < -0.39 is 6.10 Å². The number of nitrogens with one attached hydrogen (secondary N) is 1. The summed E-state index contributed by atoms with van der Waals surface area (Å²) in [4.78, 5) is 11.9. The van der Waals surface area contributed by atoms with Crippen molar-refractivity contribution < 1.29 is 9.53 Å². The molecule has 0 saturated carbocycles. The van der Waals surface area contributed by atoms with E-state index in [0.717, 1.165) is 9.13 Å². The first-order chi connectivity index (χ1) is 11.1. The molecule has 1 unspecified atom stereocenters. The highest BCUT2D eigenvalue weighted by Gasteiger charge is 2.13.